The Bertz CT molecular complexity index is 1260. The maximum Gasteiger partial charge on any atom is 0.244 e. The number of hydrogen-bond acceptors (Lipinski definition) is 7. The summed E-state index contributed by atoms with van der Waals surface area (Å²) in [6.45, 7) is 1.15. The summed E-state index contributed by atoms with van der Waals surface area (Å²) in [5.74, 6) is 0.761. The topological polar surface area (TPSA) is 81.0 Å². The molecule has 31 heavy (non-hydrogen) atoms. The normalized spacial score (nSPS) is 14.8. The molecule has 5 rings (SSSR count). The molecule has 1 aromatic carbocycles. The third-order valence-corrected chi connectivity index (χ3v) is 8.64. The van der Waals surface area contributed by atoms with Crippen molar-refractivity contribution < 1.29 is 8.42 Å². The van der Waals surface area contributed by atoms with Crippen molar-refractivity contribution >= 4 is 33.1 Å². The molecule has 0 bridgehead atoms. The van der Waals surface area contributed by atoms with Gasteiger partial charge in [0.25, 0.3) is 0 Å². The highest BCUT2D eigenvalue weighted by atomic mass is 32.2. The second-order valence-corrected chi connectivity index (χ2v) is 10.9. The van der Waals surface area contributed by atoms with Gasteiger partial charge in [-0.15, -0.1) is 21.5 Å². The van der Waals surface area contributed by atoms with Crippen LogP contribution in [0.5, 0.6) is 0 Å². The Hall–Kier alpha value is -2.53. The standard InChI is InChI=1S/C21H19N5O2S3/c27-31(28,25-12-4-5-13-25)17-10-11-19(22-15-17)30-21-24-23-20(18-9-6-14-29-18)26(21)16-7-2-1-3-8-16/h1-3,6-11,14-15H,4-5,12-13H2. The van der Waals surface area contributed by atoms with Crippen LogP contribution in [0.15, 0.2) is 81.3 Å². The lowest BCUT2D eigenvalue weighted by atomic mass is 10.3. The van der Waals surface area contributed by atoms with Gasteiger partial charge in [0.2, 0.25) is 15.2 Å². The zero-order valence-electron chi connectivity index (χ0n) is 16.5. The summed E-state index contributed by atoms with van der Waals surface area (Å²) in [5, 5.41) is 12.1. The lowest BCUT2D eigenvalue weighted by Gasteiger charge is -2.15. The first kappa shape index (κ1) is 20.4. The lowest BCUT2D eigenvalue weighted by molar-refractivity contribution is 0.477. The van der Waals surface area contributed by atoms with Crippen molar-refractivity contribution in [2.45, 2.75) is 27.9 Å². The van der Waals surface area contributed by atoms with E-state index in [-0.39, 0.29) is 4.90 Å². The van der Waals surface area contributed by atoms with E-state index in [1.807, 2.05) is 52.4 Å². The molecule has 1 fully saturated rings. The van der Waals surface area contributed by atoms with Gasteiger partial charge in [-0.05, 0) is 60.3 Å². The second-order valence-electron chi connectivity index (χ2n) is 7.00. The molecule has 4 aromatic rings. The van der Waals surface area contributed by atoms with Crippen molar-refractivity contribution in [1.82, 2.24) is 24.1 Å². The third-order valence-electron chi connectivity index (χ3n) is 5.00. The van der Waals surface area contributed by atoms with Crippen molar-refractivity contribution in [2.24, 2.45) is 0 Å². The fourth-order valence-corrected chi connectivity index (χ4v) is 6.42. The summed E-state index contributed by atoms with van der Waals surface area (Å²) >= 11 is 2.95. The average Bonchev–Trinajstić information content (AvgIpc) is 3.56. The van der Waals surface area contributed by atoms with Crippen LogP contribution in [0, 0.1) is 0 Å². The molecule has 0 unspecified atom stereocenters. The Labute approximate surface area is 188 Å². The summed E-state index contributed by atoms with van der Waals surface area (Å²) in [7, 11) is -3.48. The molecule has 158 valence electrons. The smallest absolute Gasteiger partial charge is 0.244 e. The molecule has 10 heteroatoms. The van der Waals surface area contributed by atoms with Crippen molar-refractivity contribution in [1.29, 1.82) is 0 Å². The first-order chi connectivity index (χ1) is 15.1. The van der Waals surface area contributed by atoms with E-state index in [9.17, 15) is 8.42 Å². The summed E-state index contributed by atoms with van der Waals surface area (Å²) in [6, 6.07) is 17.3. The number of rotatable bonds is 6. The van der Waals surface area contributed by atoms with Gasteiger partial charge >= 0.3 is 0 Å². The molecule has 1 aliphatic heterocycles. The van der Waals surface area contributed by atoms with Gasteiger partial charge in [0.15, 0.2) is 5.82 Å². The monoisotopic (exact) mass is 469 g/mol. The van der Waals surface area contributed by atoms with E-state index in [4.69, 9.17) is 0 Å². The Morgan fingerprint density at radius 2 is 1.74 bits per heavy atom. The number of hydrogen-bond donors (Lipinski definition) is 0. The summed E-state index contributed by atoms with van der Waals surface area (Å²) in [6.07, 6.45) is 3.24. The maximum absolute atomic E-state index is 12.7. The molecule has 0 radical (unpaired) electrons. The molecule has 0 saturated carbocycles. The fraction of sp³-hybridized carbons (Fsp3) is 0.190. The first-order valence-electron chi connectivity index (χ1n) is 9.82. The van der Waals surface area contributed by atoms with Gasteiger partial charge in [0.05, 0.1) is 4.88 Å². The molecule has 7 nitrogen and oxygen atoms in total. The molecule has 4 heterocycles. The molecule has 0 aliphatic carbocycles. The van der Waals surface area contributed by atoms with Crippen LogP contribution in [0.25, 0.3) is 16.4 Å². The van der Waals surface area contributed by atoms with Gasteiger partial charge in [-0.3, -0.25) is 4.57 Å². The molecule has 1 saturated heterocycles. The number of thiophene rings is 1. The minimum atomic E-state index is -3.48. The largest absolute Gasteiger partial charge is 0.269 e. The Morgan fingerprint density at radius 3 is 2.42 bits per heavy atom. The highest BCUT2D eigenvalue weighted by Gasteiger charge is 2.27. The summed E-state index contributed by atoms with van der Waals surface area (Å²) in [4.78, 5) is 5.64. The Morgan fingerprint density at radius 1 is 0.935 bits per heavy atom. The minimum absolute atomic E-state index is 0.225. The van der Waals surface area contributed by atoms with Crippen LogP contribution in [0.3, 0.4) is 0 Å². The SMILES string of the molecule is O=S(=O)(c1ccc(Sc2nnc(-c3cccs3)n2-c2ccccc2)nc1)N1CCCC1. The van der Waals surface area contributed by atoms with Crippen LogP contribution in [-0.4, -0.2) is 45.6 Å². The van der Waals surface area contributed by atoms with E-state index in [0.29, 0.717) is 23.3 Å². The fourth-order valence-electron chi connectivity index (χ4n) is 3.46. The van der Waals surface area contributed by atoms with Crippen LogP contribution in [0.4, 0.5) is 0 Å². The predicted octanol–water partition coefficient (Wildman–Crippen LogP) is 4.33. The zero-order valence-corrected chi connectivity index (χ0v) is 18.9. The summed E-state index contributed by atoms with van der Waals surface area (Å²) in [5.41, 5.74) is 0.951. The lowest BCUT2D eigenvalue weighted by Crippen LogP contribution is -2.27. The number of aromatic nitrogens is 4. The number of pyridine rings is 1. The molecule has 0 amide bonds. The van der Waals surface area contributed by atoms with Crippen molar-refractivity contribution in [3.05, 3.63) is 66.2 Å². The third kappa shape index (κ3) is 4.03. The number of sulfonamides is 1. The highest BCUT2D eigenvalue weighted by Crippen LogP contribution is 2.33. The Kier molecular flexibility index (Phi) is 5.61. The molecular formula is C21H19N5O2S3. The van der Waals surface area contributed by atoms with E-state index >= 15 is 0 Å². The minimum Gasteiger partial charge on any atom is -0.269 e. The molecular weight excluding hydrogens is 450 g/mol. The first-order valence-corrected chi connectivity index (χ1v) is 13.0. The number of para-hydroxylation sites is 1. The van der Waals surface area contributed by atoms with Crippen LogP contribution in [0.1, 0.15) is 12.8 Å². The second kappa shape index (κ2) is 8.54. The quantitative estimate of drug-likeness (QED) is 0.418. The van der Waals surface area contributed by atoms with Crippen LogP contribution >= 0.6 is 23.1 Å². The molecule has 0 atom stereocenters. The van der Waals surface area contributed by atoms with Crippen LogP contribution in [-0.2, 0) is 10.0 Å². The Balaban J connectivity index is 1.47. The predicted molar refractivity (Wildman–Crippen MR) is 121 cm³/mol. The molecule has 0 spiro atoms. The van der Waals surface area contributed by atoms with Gasteiger partial charge in [-0.2, -0.15) is 4.31 Å². The highest BCUT2D eigenvalue weighted by molar-refractivity contribution is 7.99. The van der Waals surface area contributed by atoms with Gasteiger partial charge in [-0.1, -0.05) is 24.3 Å². The number of nitrogens with zero attached hydrogens (tertiary/aromatic N) is 5. The van der Waals surface area contributed by atoms with Gasteiger partial charge < -0.3 is 0 Å². The zero-order chi connectivity index (χ0) is 21.3. The van der Waals surface area contributed by atoms with E-state index in [1.54, 1.807) is 23.5 Å². The van der Waals surface area contributed by atoms with Crippen molar-refractivity contribution in [3.63, 3.8) is 0 Å². The average molecular weight is 470 g/mol. The van der Waals surface area contributed by atoms with Crippen molar-refractivity contribution in [2.75, 3.05) is 13.1 Å². The van der Waals surface area contributed by atoms with Gasteiger partial charge in [0, 0.05) is 25.0 Å². The van der Waals surface area contributed by atoms with E-state index in [0.717, 1.165) is 29.2 Å². The molecule has 1 aliphatic rings. The van der Waals surface area contributed by atoms with Gasteiger partial charge in [0.1, 0.15) is 9.92 Å². The summed E-state index contributed by atoms with van der Waals surface area (Å²) < 4.78 is 29.0. The van der Waals surface area contributed by atoms with E-state index < -0.39 is 10.0 Å². The van der Waals surface area contributed by atoms with Crippen molar-refractivity contribution in [3.8, 4) is 16.4 Å². The van der Waals surface area contributed by atoms with E-state index in [1.165, 1.54) is 22.3 Å². The van der Waals surface area contributed by atoms with Crippen LogP contribution in [0.2, 0.25) is 0 Å². The van der Waals surface area contributed by atoms with Gasteiger partial charge in [-0.25, -0.2) is 13.4 Å². The molecule has 3 aromatic heterocycles. The molecule has 0 N–H and O–H groups in total. The maximum atomic E-state index is 12.7. The number of benzene rings is 1. The van der Waals surface area contributed by atoms with Crippen LogP contribution < -0.4 is 0 Å². The van der Waals surface area contributed by atoms with E-state index in [2.05, 4.69) is 15.2 Å².